The van der Waals surface area contributed by atoms with Gasteiger partial charge in [0.1, 0.15) is 5.54 Å². The number of carbonyl (C=O) groups is 3. The molecule has 0 saturated carbocycles. The molecule has 1 aromatic rings. The predicted octanol–water partition coefficient (Wildman–Crippen LogP) is 2.25. The molecule has 0 aliphatic carbocycles. The van der Waals surface area contributed by atoms with Crippen molar-refractivity contribution in [2.45, 2.75) is 39.2 Å². The summed E-state index contributed by atoms with van der Waals surface area (Å²) in [6.45, 7) is 7.56. The third kappa shape index (κ3) is 3.38. The first kappa shape index (κ1) is 17.5. The van der Waals surface area contributed by atoms with Crippen LogP contribution in [0.25, 0.3) is 0 Å². The molecule has 6 nitrogen and oxygen atoms in total. The summed E-state index contributed by atoms with van der Waals surface area (Å²) >= 11 is 0. The average molecular weight is 343 g/mol. The molecule has 2 fully saturated rings. The molecule has 2 saturated heterocycles. The smallest absolute Gasteiger partial charge is 0.322 e. The Bertz CT molecular complexity index is 718. The molecule has 4 amide bonds. The maximum atomic E-state index is 13.0. The molecule has 6 heteroatoms. The Morgan fingerprint density at radius 3 is 2.68 bits per heavy atom. The van der Waals surface area contributed by atoms with Gasteiger partial charge in [0.05, 0.1) is 0 Å². The van der Waals surface area contributed by atoms with Crippen LogP contribution >= 0.6 is 0 Å². The molecule has 3 rings (SSSR count). The molecule has 0 radical (unpaired) electrons. The number of nitrogens with one attached hydrogen (secondary N) is 2. The molecule has 1 aromatic carbocycles. The molecule has 134 valence electrons. The molecular weight excluding hydrogens is 318 g/mol. The highest BCUT2D eigenvalue weighted by atomic mass is 16.2. The summed E-state index contributed by atoms with van der Waals surface area (Å²) in [5.74, 6) is 0.674. The number of carbonyl (C=O) groups excluding carboxylic acids is 3. The third-order valence-electron chi connectivity index (χ3n) is 5.25. The van der Waals surface area contributed by atoms with E-state index in [-0.39, 0.29) is 5.91 Å². The van der Waals surface area contributed by atoms with E-state index in [0.717, 1.165) is 25.9 Å². The molecule has 0 bridgehead atoms. The van der Waals surface area contributed by atoms with Crippen molar-refractivity contribution in [3.05, 3.63) is 35.4 Å². The zero-order valence-corrected chi connectivity index (χ0v) is 15.0. The van der Waals surface area contributed by atoms with Crippen LogP contribution in [-0.2, 0) is 10.3 Å². The molecule has 25 heavy (non-hydrogen) atoms. The number of amides is 4. The number of nitrogens with zero attached hydrogens (tertiary/aromatic N) is 1. The van der Waals surface area contributed by atoms with Gasteiger partial charge in [-0.3, -0.25) is 14.9 Å². The van der Waals surface area contributed by atoms with E-state index in [1.807, 2.05) is 4.90 Å². The van der Waals surface area contributed by atoms with Crippen molar-refractivity contribution in [3.8, 4) is 0 Å². The maximum absolute atomic E-state index is 13.0. The predicted molar refractivity (Wildman–Crippen MR) is 93.9 cm³/mol. The molecule has 2 heterocycles. The number of benzene rings is 1. The monoisotopic (exact) mass is 343 g/mol. The Hall–Kier alpha value is -2.37. The van der Waals surface area contributed by atoms with Crippen LogP contribution in [0.3, 0.4) is 0 Å². The minimum absolute atomic E-state index is 0.0175. The van der Waals surface area contributed by atoms with E-state index in [9.17, 15) is 14.4 Å². The fraction of sp³-hybridized carbons (Fsp3) is 0.526. The maximum Gasteiger partial charge on any atom is 0.322 e. The third-order valence-corrected chi connectivity index (χ3v) is 5.25. The Morgan fingerprint density at radius 1 is 1.24 bits per heavy atom. The summed E-state index contributed by atoms with van der Waals surface area (Å²) in [4.78, 5) is 38.5. The van der Waals surface area contributed by atoms with Crippen LogP contribution in [0.15, 0.2) is 24.3 Å². The highest BCUT2D eigenvalue weighted by molar-refractivity contribution is 6.07. The molecule has 0 unspecified atom stereocenters. The summed E-state index contributed by atoms with van der Waals surface area (Å²) in [5, 5.41) is 4.89. The van der Waals surface area contributed by atoms with E-state index in [0.29, 0.717) is 23.0 Å². The van der Waals surface area contributed by atoms with Gasteiger partial charge in [-0.15, -0.1) is 0 Å². The van der Waals surface area contributed by atoms with Crippen molar-refractivity contribution < 1.29 is 14.4 Å². The first-order chi connectivity index (χ1) is 11.8. The molecular formula is C19H25N3O3. The molecule has 2 aliphatic rings. The van der Waals surface area contributed by atoms with E-state index < -0.39 is 17.5 Å². The van der Waals surface area contributed by atoms with Gasteiger partial charge >= 0.3 is 6.03 Å². The molecule has 2 N–H and O–H groups in total. The van der Waals surface area contributed by atoms with Gasteiger partial charge in [-0.25, -0.2) is 4.79 Å². The van der Waals surface area contributed by atoms with Gasteiger partial charge in [0, 0.05) is 18.7 Å². The van der Waals surface area contributed by atoms with Crippen molar-refractivity contribution in [1.29, 1.82) is 0 Å². The van der Waals surface area contributed by atoms with E-state index in [1.165, 1.54) is 0 Å². The quantitative estimate of drug-likeness (QED) is 0.809. The van der Waals surface area contributed by atoms with Gasteiger partial charge < -0.3 is 10.2 Å². The van der Waals surface area contributed by atoms with Crippen LogP contribution < -0.4 is 10.6 Å². The lowest BCUT2D eigenvalue weighted by molar-refractivity contribution is -0.123. The highest BCUT2D eigenvalue weighted by Gasteiger charge is 2.43. The van der Waals surface area contributed by atoms with Gasteiger partial charge in [0.25, 0.3) is 11.8 Å². The zero-order valence-electron chi connectivity index (χ0n) is 15.0. The minimum atomic E-state index is -1.14. The van der Waals surface area contributed by atoms with Crippen LogP contribution in [0.4, 0.5) is 4.79 Å². The van der Waals surface area contributed by atoms with Crippen LogP contribution in [0, 0.1) is 11.8 Å². The Kier molecular flexibility index (Phi) is 4.54. The van der Waals surface area contributed by atoms with E-state index in [1.54, 1.807) is 31.2 Å². The Balaban J connectivity index is 1.85. The summed E-state index contributed by atoms with van der Waals surface area (Å²) in [7, 11) is 0. The fourth-order valence-electron chi connectivity index (χ4n) is 3.80. The number of likely N-dealkylation sites (tertiary alicyclic amines) is 1. The van der Waals surface area contributed by atoms with E-state index >= 15 is 0 Å². The fourth-order valence-corrected chi connectivity index (χ4v) is 3.80. The minimum Gasteiger partial charge on any atom is -0.338 e. The topological polar surface area (TPSA) is 78.5 Å². The van der Waals surface area contributed by atoms with Crippen LogP contribution in [-0.4, -0.2) is 35.8 Å². The van der Waals surface area contributed by atoms with Gasteiger partial charge in [-0.05, 0) is 49.3 Å². The zero-order chi connectivity index (χ0) is 18.2. The first-order valence-electron chi connectivity index (χ1n) is 8.83. The molecule has 0 aromatic heterocycles. The van der Waals surface area contributed by atoms with Crippen molar-refractivity contribution in [3.63, 3.8) is 0 Å². The summed E-state index contributed by atoms with van der Waals surface area (Å²) in [6.07, 6.45) is 2.14. The SMILES string of the molecule is C[C@@H]1CCN(C(=O)c2cccc([C@]3(C)NC(=O)NC3=O)c2)C[C@H](C)C1. The number of rotatable bonds is 2. The normalized spacial score (nSPS) is 29.8. The van der Waals surface area contributed by atoms with Gasteiger partial charge in [-0.2, -0.15) is 0 Å². The molecule has 0 spiro atoms. The van der Waals surface area contributed by atoms with E-state index in [4.69, 9.17) is 0 Å². The van der Waals surface area contributed by atoms with Crippen LogP contribution in [0.5, 0.6) is 0 Å². The van der Waals surface area contributed by atoms with Crippen LogP contribution in [0.1, 0.15) is 49.5 Å². The second-order valence-corrected chi connectivity index (χ2v) is 7.60. The Labute approximate surface area is 148 Å². The van der Waals surface area contributed by atoms with Crippen LogP contribution in [0.2, 0.25) is 0 Å². The second kappa shape index (κ2) is 6.50. The average Bonchev–Trinajstić information content (AvgIpc) is 2.72. The van der Waals surface area contributed by atoms with Gasteiger partial charge in [0.2, 0.25) is 0 Å². The number of hydrogen-bond acceptors (Lipinski definition) is 3. The van der Waals surface area contributed by atoms with Crippen molar-refractivity contribution >= 4 is 17.8 Å². The summed E-state index contributed by atoms with van der Waals surface area (Å²) < 4.78 is 0. The summed E-state index contributed by atoms with van der Waals surface area (Å²) in [6, 6.07) is 6.49. The van der Waals surface area contributed by atoms with Crippen molar-refractivity contribution in [1.82, 2.24) is 15.5 Å². The second-order valence-electron chi connectivity index (χ2n) is 7.60. The van der Waals surface area contributed by atoms with Gasteiger partial charge in [-0.1, -0.05) is 26.0 Å². The Morgan fingerprint density at radius 2 is 2.00 bits per heavy atom. The number of hydrogen-bond donors (Lipinski definition) is 2. The lowest BCUT2D eigenvalue weighted by Gasteiger charge is -2.25. The number of imide groups is 1. The van der Waals surface area contributed by atoms with E-state index in [2.05, 4.69) is 24.5 Å². The summed E-state index contributed by atoms with van der Waals surface area (Å²) in [5.41, 5.74) is 0.0147. The molecule has 3 atom stereocenters. The van der Waals surface area contributed by atoms with Crippen molar-refractivity contribution in [2.24, 2.45) is 11.8 Å². The van der Waals surface area contributed by atoms with Gasteiger partial charge in [0.15, 0.2) is 0 Å². The molecule has 2 aliphatic heterocycles. The lowest BCUT2D eigenvalue weighted by Crippen LogP contribution is -2.41. The first-order valence-corrected chi connectivity index (χ1v) is 8.83. The largest absolute Gasteiger partial charge is 0.338 e. The highest BCUT2D eigenvalue weighted by Crippen LogP contribution is 2.27. The number of urea groups is 1. The standard InChI is InChI=1S/C19H25N3O3/c1-12-7-8-22(11-13(2)9-12)16(23)14-5-4-6-15(10-14)19(3)17(24)20-18(25)21-19/h4-6,10,12-13H,7-9,11H2,1-3H3,(H2,20,21,24,25)/t12-,13-,19+/m1/s1. The van der Waals surface area contributed by atoms with Crippen molar-refractivity contribution in [2.75, 3.05) is 13.1 Å². The lowest BCUT2D eigenvalue weighted by atomic mass is 9.91.